The van der Waals surface area contributed by atoms with Crippen LogP contribution in [0.15, 0.2) is 17.5 Å². The van der Waals surface area contributed by atoms with E-state index in [1.54, 1.807) is 12.1 Å². The molecular formula is C19H24ClN3O4S. The zero-order valence-electron chi connectivity index (χ0n) is 16.0. The van der Waals surface area contributed by atoms with Crippen LogP contribution in [0.3, 0.4) is 0 Å². The third-order valence-electron chi connectivity index (χ3n) is 4.20. The van der Waals surface area contributed by atoms with Crippen molar-refractivity contribution >= 4 is 34.0 Å². The van der Waals surface area contributed by atoms with Gasteiger partial charge in [0.05, 0.1) is 37.6 Å². The van der Waals surface area contributed by atoms with Crippen molar-refractivity contribution in [2.75, 3.05) is 45.3 Å². The number of carbonyl (C=O) groups excluding carboxylic acids is 1. The Labute approximate surface area is 173 Å². The zero-order valence-corrected chi connectivity index (χ0v) is 17.6. The molecule has 7 nitrogen and oxygen atoms in total. The van der Waals surface area contributed by atoms with E-state index < -0.39 is 0 Å². The van der Waals surface area contributed by atoms with E-state index in [0.717, 1.165) is 45.0 Å². The summed E-state index contributed by atoms with van der Waals surface area (Å²) >= 11 is 7.69. The molecule has 152 valence electrons. The number of benzene rings is 1. The first-order chi connectivity index (χ1) is 13.6. The second-order valence-electron chi connectivity index (χ2n) is 6.32. The van der Waals surface area contributed by atoms with Crippen LogP contribution in [0.2, 0.25) is 5.02 Å². The molecule has 1 aliphatic rings. The number of carbonyl (C=O) groups is 1. The number of nitrogens with zero attached hydrogens (tertiary/aromatic N) is 2. The second-order valence-corrected chi connectivity index (χ2v) is 7.59. The second kappa shape index (κ2) is 10.1. The Morgan fingerprint density at radius 1 is 1.39 bits per heavy atom. The fourth-order valence-electron chi connectivity index (χ4n) is 2.79. The highest BCUT2D eigenvalue weighted by molar-refractivity contribution is 7.14. The Bertz CT molecular complexity index is 808. The smallest absolute Gasteiger partial charge is 0.257 e. The van der Waals surface area contributed by atoms with Crippen LogP contribution in [0, 0.1) is 0 Å². The van der Waals surface area contributed by atoms with Gasteiger partial charge in [-0.25, -0.2) is 4.98 Å². The SMILES string of the molecule is CCCOc1c(Cl)cc(C(=O)Nc2nc(CN3CCOCC3)cs2)cc1OC. The molecule has 1 amide bonds. The highest BCUT2D eigenvalue weighted by Gasteiger charge is 2.18. The lowest BCUT2D eigenvalue weighted by molar-refractivity contribution is 0.0337. The molecule has 9 heteroatoms. The quantitative estimate of drug-likeness (QED) is 0.695. The van der Waals surface area contributed by atoms with Gasteiger partial charge in [0.1, 0.15) is 0 Å². The topological polar surface area (TPSA) is 72.9 Å². The van der Waals surface area contributed by atoms with E-state index in [1.807, 2.05) is 12.3 Å². The fourth-order valence-corrected chi connectivity index (χ4v) is 3.75. The Morgan fingerprint density at radius 2 is 2.18 bits per heavy atom. The van der Waals surface area contributed by atoms with Gasteiger partial charge >= 0.3 is 0 Å². The number of anilines is 1. The van der Waals surface area contributed by atoms with E-state index in [0.29, 0.717) is 33.8 Å². The van der Waals surface area contributed by atoms with E-state index >= 15 is 0 Å². The first kappa shape index (κ1) is 20.9. The Balaban J connectivity index is 1.66. The maximum Gasteiger partial charge on any atom is 0.257 e. The molecule has 2 heterocycles. The minimum Gasteiger partial charge on any atom is -0.493 e. The molecule has 0 bridgehead atoms. The van der Waals surface area contributed by atoms with Crippen molar-refractivity contribution in [3.8, 4) is 11.5 Å². The van der Waals surface area contributed by atoms with Gasteiger partial charge in [0.2, 0.25) is 0 Å². The number of thiazole rings is 1. The maximum atomic E-state index is 12.6. The zero-order chi connectivity index (χ0) is 19.9. The summed E-state index contributed by atoms with van der Waals surface area (Å²) in [6.45, 7) is 6.55. The first-order valence-electron chi connectivity index (χ1n) is 9.17. The van der Waals surface area contributed by atoms with E-state index in [1.165, 1.54) is 18.4 Å². The molecule has 1 fully saturated rings. The minimum atomic E-state index is -0.297. The lowest BCUT2D eigenvalue weighted by atomic mass is 10.2. The molecule has 3 rings (SSSR count). The average molecular weight is 426 g/mol. The van der Waals surface area contributed by atoms with Crippen LogP contribution in [-0.4, -0.2) is 55.8 Å². The number of nitrogens with one attached hydrogen (secondary N) is 1. The number of rotatable bonds is 8. The summed E-state index contributed by atoms with van der Waals surface area (Å²) < 4.78 is 16.3. The monoisotopic (exact) mass is 425 g/mol. The van der Waals surface area contributed by atoms with Crippen LogP contribution in [0.5, 0.6) is 11.5 Å². The third kappa shape index (κ3) is 5.35. The summed E-state index contributed by atoms with van der Waals surface area (Å²) in [7, 11) is 1.52. The number of morpholine rings is 1. The molecular weight excluding hydrogens is 402 g/mol. The summed E-state index contributed by atoms with van der Waals surface area (Å²) in [4.78, 5) is 19.4. The number of hydrogen-bond acceptors (Lipinski definition) is 7. The predicted molar refractivity (Wildman–Crippen MR) is 110 cm³/mol. The van der Waals surface area contributed by atoms with Crippen LogP contribution in [0.25, 0.3) is 0 Å². The van der Waals surface area contributed by atoms with E-state index in [9.17, 15) is 4.79 Å². The summed E-state index contributed by atoms with van der Waals surface area (Å²) in [6.07, 6.45) is 0.846. The molecule has 1 saturated heterocycles. The van der Waals surface area contributed by atoms with Gasteiger partial charge in [-0.1, -0.05) is 18.5 Å². The third-order valence-corrected chi connectivity index (χ3v) is 5.29. The van der Waals surface area contributed by atoms with Crippen LogP contribution in [0.4, 0.5) is 5.13 Å². The van der Waals surface area contributed by atoms with Crippen LogP contribution in [0.1, 0.15) is 29.4 Å². The first-order valence-corrected chi connectivity index (χ1v) is 10.4. The minimum absolute atomic E-state index is 0.297. The van der Waals surface area contributed by atoms with Crippen molar-refractivity contribution in [2.45, 2.75) is 19.9 Å². The van der Waals surface area contributed by atoms with Crippen molar-refractivity contribution in [2.24, 2.45) is 0 Å². The van der Waals surface area contributed by atoms with Crippen molar-refractivity contribution in [3.05, 3.63) is 33.8 Å². The van der Waals surface area contributed by atoms with Gasteiger partial charge in [-0.2, -0.15) is 0 Å². The summed E-state index contributed by atoms with van der Waals surface area (Å²) in [5, 5.41) is 5.67. The van der Waals surface area contributed by atoms with Crippen molar-refractivity contribution in [1.29, 1.82) is 0 Å². The van der Waals surface area contributed by atoms with E-state index in [-0.39, 0.29) is 5.91 Å². The summed E-state index contributed by atoms with van der Waals surface area (Å²) in [5.41, 5.74) is 1.32. The molecule has 0 atom stereocenters. The molecule has 1 aliphatic heterocycles. The lowest BCUT2D eigenvalue weighted by Gasteiger charge is -2.25. The molecule has 0 radical (unpaired) electrons. The molecule has 1 aromatic carbocycles. The van der Waals surface area contributed by atoms with Crippen LogP contribution in [-0.2, 0) is 11.3 Å². The number of methoxy groups -OCH3 is 1. The van der Waals surface area contributed by atoms with Gasteiger partial charge in [0.15, 0.2) is 16.6 Å². The van der Waals surface area contributed by atoms with Gasteiger partial charge in [-0.05, 0) is 18.6 Å². The largest absolute Gasteiger partial charge is 0.493 e. The molecule has 28 heavy (non-hydrogen) atoms. The summed E-state index contributed by atoms with van der Waals surface area (Å²) in [5.74, 6) is 0.581. The van der Waals surface area contributed by atoms with Crippen molar-refractivity contribution in [3.63, 3.8) is 0 Å². The van der Waals surface area contributed by atoms with Crippen molar-refractivity contribution in [1.82, 2.24) is 9.88 Å². The van der Waals surface area contributed by atoms with Gasteiger partial charge < -0.3 is 14.2 Å². The van der Waals surface area contributed by atoms with Gasteiger partial charge in [-0.3, -0.25) is 15.0 Å². The number of amides is 1. The fraction of sp³-hybridized carbons (Fsp3) is 0.474. The van der Waals surface area contributed by atoms with E-state index in [2.05, 4.69) is 15.2 Å². The Kier molecular flexibility index (Phi) is 7.50. The van der Waals surface area contributed by atoms with Gasteiger partial charge in [0.25, 0.3) is 5.91 Å². The molecule has 0 saturated carbocycles. The summed E-state index contributed by atoms with van der Waals surface area (Å²) in [6, 6.07) is 3.20. The molecule has 0 unspecified atom stereocenters. The Hall–Kier alpha value is -1.87. The highest BCUT2D eigenvalue weighted by Crippen LogP contribution is 2.36. The van der Waals surface area contributed by atoms with E-state index in [4.69, 9.17) is 25.8 Å². The van der Waals surface area contributed by atoms with Gasteiger partial charge in [0, 0.05) is 30.6 Å². The number of halogens is 1. The van der Waals surface area contributed by atoms with Crippen LogP contribution < -0.4 is 14.8 Å². The molecule has 1 N–H and O–H groups in total. The highest BCUT2D eigenvalue weighted by atomic mass is 35.5. The van der Waals surface area contributed by atoms with Crippen LogP contribution >= 0.6 is 22.9 Å². The average Bonchev–Trinajstić information content (AvgIpc) is 3.13. The maximum absolute atomic E-state index is 12.6. The van der Waals surface area contributed by atoms with Gasteiger partial charge in [-0.15, -0.1) is 11.3 Å². The molecule has 0 spiro atoms. The number of aromatic nitrogens is 1. The number of ether oxygens (including phenoxy) is 3. The predicted octanol–water partition coefficient (Wildman–Crippen LogP) is 3.68. The molecule has 2 aromatic rings. The molecule has 1 aromatic heterocycles. The molecule has 0 aliphatic carbocycles. The normalized spacial score (nSPS) is 14.7. The lowest BCUT2D eigenvalue weighted by Crippen LogP contribution is -2.35. The standard InChI is InChI=1S/C19H24ClN3O4S/c1-3-6-27-17-15(20)9-13(10-16(17)25-2)18(24)22-19-21-14(12-28-19)11-23-4-7-26-8-5-23/h9-10,12H,3-8,11H2,1-2H3,(H,21,22,24). The Morgan fingerprint density at radius 3 is 2.89 bits per heavy atom. The van der Waals surface area contributed by atoms with Crippen molar-refractivity contribution < 1.29 is 19.0 Å². The number of hydrogen-bond donors (Lipinski definition) is 1.